The molecule has 2 aromatic rings. The van der Waals surface area contributed by atoms with Crippen LogP contribution in [0.15, 0.2) is 35.2 Å². The van der Waals surface area contributed by atoms with Crippen molar-refractivity contribution in [3.63, 3.8) is 0 Å². The second-order valence-corrected chi connectivity index (χ2v) is 2.90. The monoisotopic (exact) mass is 243 g/mol. The molecule has 0 radical (unpaired) electrons. The zero-order valence-electron chi connectivity index (χ0n) is 11.3. The quantitative estimate of drug-likeness (QED) is 0.829. The van der Waals surface area contributed by atoms with Gasteiger partial charge >= 0.3 is 0 Å². The van der Waals surface area contributed by atoms with Gasteiger partial charge in [-0.1, -0.05) is 6.04 Å². The number of nitrogens with two attached hydrogens (primary N) is 1. The van der Waals surface area contributed by atoms with E-state index in [2.05, 4.69) is 25.9 Å². The van der Waals surface area contributed by atoms with E-state index < -0.39 is 6.04 Å². The van der Waals surface area contributed by atoms with E-state index in [-0.39, 0.29) is 40.8 Å². The van der Waals surface area contributed by atoms with Crippen molar-refractivity contribution in [1.29, 1.82) is 0 Å². The van der Waals surface area contributed by atoms with Gasteiger partial charge in [-0.05, 0) is 28.0 Å². The van der Waals surface area contributed by atoms with Crippen molar-refractivity contribution in [3.8, 4) is 5.82 Å². The minimum absolute atomic E-state index is 0.133. The molecule has 2 rings (SSSR count). The summed E-state index contributed by atoms with van der Waals surface area (Å²) in [5, 5.41) is 0. The lowest BCUT2D eigenvalue weighted by Crippen LogP contribution is -1.97. The molecule has 0 saturated heterocycles. The number of nitrogens with zero attached hydrogens (tertiary/aromatic N) is 3. The molecule has 2 heterocycles. The fraction of sp³-hybridized carbons (Fsp3) is 0. The second kappa shape index (κ2) is 3.18. The van der Waals surface area contributed by atoms with E-state index >= 15 is 0 Å². The maximum absolute atomic E-state index is 7.72. The molecule has 0 atom stereocenters. The van der Waals surface area contributed by atoms with E-state index in [1.807, 2.05) is 0 Å². The SMILES string of the molecule is [2H]c1c(N)nc(-n2c([2H])nc(Br)c2[2H])c([2H])c1[2H]. The normalized spacial score (nSPS) is 15.6. The predicted octanol–water partition coefficient (Wildman–Crippen LogP) is 1.61. The van der Waals surface area contributed by atoms with Crippen molar-refractivity contribution in [1.82, 2.24) is 14.5 Å². The topological polar surface area (TPSA) is 56.7 Å². The fourth-order valence-electron chi connectivity index (χ4n) is 0.764. The highest BCUT2D eigenvalue weighted by Crippen LogP contribution is 2.10. The average molecular weight is 244 g/mol. The van der Waals surface area contributed by atoms with E-state index in [0.717, 1.165) is 4.57 Å². The summed E-state index contributed by atoms with van der Waals surface area (Å²) in [6.07, 6.45) is -0.470. The summed E-state index contributed by atoms with van der Waals surface area (Å²) in [7, 11) is 0. The Labute approximate surface area is 90.6 Å². The van der Waals surface area contributed by atoms with Gasteiger partial charge in [-0.2, -0.15) is 0 Å². The van der Waals surface area contributed by atoms with Crippen LogP contribution in [0.2, 0.25) is 0 Å². The van der Waals surface area contributed by atoms with Gasteiger partial charge in [0, 0.05) is 6.17 Å². The van der Waals surface area contributed by atoms with Crippen molar-refractivity contribution >= 4 is 21.7 Å². The summed E-state index contributed by atoms with van der Waals surface area (Å²) < 4.78 is 39.1. The molecule has 0 fully saturated rings. The number of nitrogen functional groups attached to an aromatic ring is 1. The molecule has 0 aliphatic heterocycles. The molecular weight excluding hydrogens is 232 g/mol. The molecule has 0 amide bonds. The Morgan fingerprint density at radius 3 is 3.08 bits per heavy atom. The largest absolute Gasteiger partial charge is 0.384 e. The lowest BCUT2D eigenvalue weighted by atomic mass is 10.4. The molecule has 0 bridgehead atoms. The van der Waals surface area contributed by atoms with Crippen molar-refractivity contribution < 1.29 is 6.85 Å². The number of rotatable bonds is 1. The standard InChI is InChI=1S/C8H7BrN4/c9-6-4-13(5-11-6)8-3-1-2-7(10)12-8/h1-5H,(H2,10,12)/i1D,2D,3D,4D,5D. The summed E-state index contributed by atoms with van der Waals surface area (Å²) in [4.78, 5) is 7.48. The highest BCUT2D eigenvalue weighted by atomic mass is 79.9. The van der Waals surface area contributed by atoms with Gasteiger partial charge < -0.3 is 5.73 Å². The third kappa shape index (κ3) is 1.70. The van der Waals surface area contributed by atoms with Crippen LogP contribution in [0.1, 0.15) is 6.85 Å². The van der Waals surface area contributed by atoms with Crippen LogP contribution in [-0.4, -0.2) is 14.5 Å². The minimum atomic E-state index is -0.402. The molecule has 13 heavy (non-hydrogen) atoms. The van der Waals surface area contributed by atoms with Crippen LogP contribution < -0.4 is 5.73 Å². The smallest absolute Gasteiger partial charge is 0.140 e. The van der Waals surface area contributed by atoms with Gasteiger partial charge in [-0.25, -0.2) is 9.97 Å². The lowest BCUT2D eigenvalue weighted by molar-refractivity contribution is 0.997. The van der Waals surface area contributed by atoms with Gasteiger partial charge in [0.1, 0.15) is 23.9 Å². The van der Waals surface area contributed by atoms with Gasteiger partial charge in [-0.15, -0.1) is 0 Å². The van der Waals surface area contributed by atoms with Crippen LogP contribution in [-0.2, 0) is 0 Å². The predicted molar refractivity (Wildman–Crippen MR) is 53.5 cm³/mol. The van der Waals surface area contributed by atoms with E-state index in [9.17, 15) is 0 Å². The van der Waals surface area contributed by atoms with Crippen LogP contribution in [0.25, 0.3) is 5.82 Å². The number of pyridine rings is 1. The first kappa shape index (κ1) is 4.23. The summed E-state index contributed by atoms with van der Waals surface area (Å²) in [6, 6.07) is -1.12. The number of anilines is 1. The molecule has 0 unspecified atom stereocenters. The molecule has 5 heteroatoms. The van der Waals surface area contributed by atoms with E-state index in [1.165, 1.54) is 0 Å². The van der Waals surface area contributed by atoms with Crippen LogP contribution >= 0.6 is 15.9 Å². The first-order valence-corrected chi connectivity index (χ1v) is 4.09. The molecule has 4 nitrogen and oxygen atoms in total. The van der Waals surface area contributed by atoms with Crippen molar-refractivity contribution in [3.05, 3.63) is 35.2 Å². The maximum atomic E-state index is 7.72. The van der Waals surface area contributed by atoms with Gasteiger partial charge in [0.25, 0.3) is 0 Å². The molecule has 2 aromatic heterocycles. The highest BCUT2D eigenvalue weighted by Gasteiger charge is 1.98. The second-order valence-electron chi connectivity index (χ2n) is 2.15. The number of halogens is 1. The van der Waals surface area contributed by atoms with Crippen LogP contribution in [0, 0.1) is 0 Å². The van der Waals surface area contributed by atoms with Crippen LogP contribution in [0.3, 0.4) is 0 Å². The third-order valence-electron chi connectivity index (χ3n) is 1.26. The van der Waals surface area contributed by atoms with Crippen molar-refractivity contribution in [2.75, 3.05) is 5.73 Å². The lowest BCUT2D eigenvalue weighted by Gasteiger charge is -2.00. The molecule has 2 N–H and O–H groups in total. The zero-order chi connectivity index (χ0) is 13.6. The van der Waals surface area contributed by atoms with Crippen LogP contribution in [0.4, 0.5) is 5.82 Å². The molecule has 0 aliphatic rings. The number of hydrogen-bond donors (Lipinski definition) is 1. The average Bonchev–Trinajstić information content (AvgIpc) is 2.56. The van der Waals surface area contributed by atoms with Gasteiger partial charge in [0.05, 0.1) is 5.48 Å². The molecule has 0 aliphatic carbocycles. The Bertz CT molecular complexity index is 641. The van der Waals surface area contributed by atoms with Crippen molar-refractivity contribution in [2.45, 2.75) is 0 Å². The minimum Gasteiger partial charge on any atom is -0.384 e. The zero-order valence-corrected chi connectivity index (χ0v) is 7.88. The Balaban J connectivity index is 2.80. The van der Waals surface area contributed by atoms with E-state index in [0.29, 0.717) is 0 Å². The fourth-order valence-corrected chi connectivity index (χ4v) is 1.02. The number of aromatic nitrogens is 3. The molecule has 0 aromatic carbocycles. The third-order valence-corrected chi connectivity index (χ3v) is 1.61. The Morgan fingerprint density at radius 1 is 1.54 bits per heavy atom. The molecule has 66 valence electrons. The highest BCUT2D eigenvalue weighted by molar-refractivity contribution is 9.10. The summed E-state index contributed by atoms with van der Waals surface area (Å²) >= 11 is 3.00. The Hall–Kier alpha value is -1.36. The van der Waals surface area contributed by atoms with Crippen LogP contribution in [0.5, 0.6) is 0 Å². The Kier molecular flexibility index (Phi) is 1.04. The summed E-state index contributed by atoms with van der Waals surface area (Å²) in [6.45, 7) is 0. The van der Waals surface area contributed by atoms with Gasteiger partial charge in [-0.3, -0.25) is 4.57 Å². The van der Waals surface area contributed by atoms with Crippen molar-refractivity contribution in [2.24, 2.45) is 0 Å². The Morgan fingerprint density at radius 2 is 2.38 bits per heavy atom. The molecule has 0 spiro atoms. The number of imidazole rings is 1. The first-order valence-electron chi connectivity index (χ1n) is 5.79. The molecule has 0 saturated carbocycles. The van der Waals surface area contributed by atoms with Gasteiger partial charge in [0.2, 0.25) is 0 Å². The van der Waals surface area contributed by atoms with Gasteiger partial charge in [0.15, 0.2) is 0 Å². The summed E-state index contributed by atoms with van der Waals surface area (Å²) in [5.74, 6) is -0.378. The summed E-state index contributed by atoms with van der Waals surface area (Å²) in [5.41, 5.74) is 5.46. The maximum Gasteiger partial charge on any atom is 0.140 e. The first-order chi connectivity index (χ1) is 8.34. The van der Waals surface area contributed by atoms with E-state index in [1.54, 1.807) is 0 Å². The number of hydrogen-bond acceptors (Lipinski definition) is 3. The molecular formula is C8H7BrN4. The van der Waals surface area contributed by atoms with E-state index in [4.69, 9.17) is 12.6 Å².